The monoisotopic (exact) mass is 639 g/mol. The van der Waals surface area contributed by atoms with E-state index in [1.165, 1.54) is 62.8 Å². The largest absolute Gasteiger partial charge is 0.497 e. The number of rotatable bonds is 11. The third-order valence-corrected chi connectivity index (χ3v) is 8.12. The lowest BCUT2D eigenvalue weighted by molar-refractivity contribution is -0.192. The molecule has 3 N–H and O–H groups in total. The van der Waals surface area contributed by atoms with Crippen molar-refractivity contribution in [1.29, 1.82) is 0 Å². The van der Waals surface area contributed by atoms with Crippen LogP contribution in [0.5, 0.6) is 23.0 Å². The number of aromatic nitrogens is 2. The van der Waals surface area contributed by atoms with Crippen LogP contribution >= 0.6 is 6.72 Å². The number of nitrogens with two attached hydrogens (primary N) is 1. The summed E-state index contributed by atoms with van der Waals surface area (Å²) in [5.41, 5.74) is 0.126. The highest BCUT2D eigenvalue weighted by Gasteiger charge is 2.71. The Morgan fingerprint density at radius 3 is 1.98 bits per heavy atom. The third-order valence-electron chi connectivity index (χ3n) is 6.05. The Kier molecular flexibility index (Phi) is 8.99. The summed E-state index contributed by atoms with van der Waals surface area (Å²) in [6, 6.07) is 11.5. The van der Waals surface area contributed by atoms with Gasteiger partial charge in [-0.3, -0.25) is 9.09 Å². The number of anilines is 1. The van der Waals surface area contributed by atoms with E-state index in [9.17, 15) is 23.1 Å². The van der Waals surface area contributed by atoms with Crippen LogP contribution < -0.4 is 29.9 Å². The van der Waals surface area contributed by atoms with Gasteiger partial charge >= 0.3 is 18.3 Å². The number of methoxy groups -OCH3 is 2. The quantitative estimate of drug-likeness (QED) is 0.234. The zero-order valence-corrected chi connectivity index (χ0v) is 23.4. The van der Waals surface area contributed by atoms with Gasteiger partial charge in [-0.05, 0) is 48.5 Å². The highest BCUT2D eigenvalue weighted by Crippen LogP contribution is 2.55. The molecule has 18 heteroatoms. The summed E-state index contributed by atoms with van der Waals surface area (Å²) >= 11 is 5.41. The molecule has 2 heterocycles. The molecule has 0 bridgehead atoms. The maximum Gasteiger partial charge on any atom is 0.435 e. The Balaban J connectivity index is 1.68. The Morgan fingerprint density at radius 2 is 1.52 bits per heavy atom. The summed E-state index contributed by atoms with van der Waals surface area (Å²) in [7, 11) is 2.83. The predicted molar refractivity (Wildman–Crippen MR) is 140 cm³/mol. The van der Waals surface area contributed by atoms with Crippen LogP contribution in [0, 0.1) is 5.82 Å². The number of aliphatic hydroxyl groups is 1. The molecule has 0 spiro atoms. The van der Waals surface area contributed by atoms with E-state index in [1.54, 1.807) is 0 Å². The maximum atomic E-state index is 15.2. The summed E-state index contributed by atoms with van der Waals surface area (Å²) in [5.74, 6) is -5.98. The summed E-state index contributed by atoms with van der Waals surface area (Å²) in [5, 5.41) is 10.5. The van der Waals surface area contributed by atoms with E-state index in [-0.39, 0.29) is 22.3 Å². The summed E-state index contributed by atoms with van der Waals surface area (Å²) < 4.78 is 105. The normalized spacial score (nSPS) is 21.7. The van der Waals surface area contributed by atoms with Gasteiger partial charge in [0.05, 0.1) is 27.0 Å². The molecule has 3 unspecified atom stereocenters. The molecule has 228 valence electrons. The molecular weight excluding hydrogens is 616 g/mol. The molecule has 0 aliphatic carbocycles. The van der Waals surface area contributed by atoms with Gasteiger partial charge in [0, 0.05) is 11.8 Å². The molecule has 4 rings (SSSR count). The van der Waals surface area contributed by atoms with E-state index < -0.39 is 60.9 Å². The number of aliphatic hydroxyl groups excluding tert-OH is 1. The van der Waals surface area contributed by atoms with Crippen LogP contribution in [0.3, 0.4) is 0 Å². The van der Waals surface area contributed by atoms with Crippen molar-refractivity contribution in [2.45, 2.75) is 30.3 Å². The van der Waals surface area contributed by atoms with Crippen molar-refractivity contribution in [3.63, 3.8) is 0 Å². The molecule has 11 nitrogen and oxygen atoms in total. The zero-order chi connectivity index (χ0) is 30.9. The molecule has 2 aromatic carbocycles. The van der Waals surface area contributed by atoms with E-state index in [0.717, 1.165) is 0 Å². The number of hydrogen-bond acceptors (Lipinski definition) is 11. The van der Waals surface area contributed by atoms with Crippen molar-refractivity contribution >= 4 is 24.3 Å². The van der Waals surface area contributed by atoms with E-state index in [2.05, 4.69) is 4.98 Å². The first-order valence-corrected chi connectivity index (χ1v) is 14.3. The van der Waals surface area contributed by atoms with Gasteiger partial charge in [-0.1, -0.05) is 0 Å². The number of ether oxygens (including phenoxy) is 3. The van der Waals surface area contributed by atoms with Crippen molar-refractivity contribution in [3.05, 3.63) is 71.0 Å². The summed E-state index contributed by atoms with van der Waals surface area (Å²) in [6.45, 7) is -5.72. The molecule has 0 amide bonds. The lowest BCUT2D eigenvalue weighted by Gasteiger charge is -2.32. The SMILES string of the molecule is COc1ccc(OP(=S)(OCC2(C(F)F)OC(n3cc(F)c(N)nc3=O)C(F)(F)C2O)Oc2ccc(OC)cc2)cc1. The number of benzene rings is 2. The fourth-order valence-corrected chi connectivity index (χ4v) is 5.75. The Labute approximate surface area is 239 Å². The maximum absolute atomic E-state index is 15.2. The highest BCUT2D eigenvalue weighted by atomic mass is 32.5. The van der Waals surface area contributed by atoms with Gasteiger partial charge in [0.15, 0.2) is 23.3 Å². The van der Waals surface area contributed by atoms with E-state index in [0.29, 0.717) is 11.5 Å². The number of nitrogen functional groups attached to an aromatic ring is 1. The Morgan fingerprint density at radius 1 is 1.05 bits per heavy atom. The van der Waals surface area contributed by atoms with Crippen molar-refractivity contribution in [3.8, 4) is 23.0 Å². The molecule has 1 saturated heterocycles. The van der Waals surface area contributed by atoms with Gasteiger partial charge in [0.2, 0.25) is 6.23 Å². The molecular formula is C24H23F5N3O8PS. The van der Waals surface area contributed by atoms with Crippen molar-refractivity contribution in [2.24, 2.45) is 0 Å². The second-order valence-electron chi connectivity index (χ2n) is 8.72. The van der Waals surface area contributed by atoms with E-state index in [1.807, 2.05) is 0 Å². The van der Waals surface area contributed by atoms with Gasteiger partial charge in [-0.15, -0.1) is 0 Å². The van der Waals surface area contributed by atoms with Crippen LogP contribution in [0.15, 0.2) is 59.5 Å². The van der Waals surface area contributed by atoms with Crippen LogP contribution in [-0.4, -0.2) is 59.5 Å². The van der Waals surface area contributed by atoms with Crippen LogP contribution in [0.1, 0.15) is 6.23 Å². The van der Waals surface area contributed by atoms with Gasteiger partial charge in [-0.2, -0.15) is 13.8 Å². The molecule has 1 aromatic heterocycles. The first-order valence-electron chi connectivity index (χ1n) is 11.7. The topological polar surface area (TPSA) is 137 Å². The minimum atomic E-state index is -4.58. The molecule has 3 aromatic rings. The van der Waals surface area contributed by atoms with Crippen LogP contribution in [-0.2, 0) is 21.1 Å². The van der Waals surface area contributed by atoms with Crippen molar-refractivity contribution in [1.82, 2.24) is 9.55 Å². The minimum Gasteiger partial charge on any atom is -0.497 e. The standard InChI is InChI=1S/C24H23F5N3O8PS/c1-35-13-3-7-15(8-4-13)39-41(42,40-16-9-5-14(36-2)6-10-16)37-12-23(20(26)27)19(33)24(28,29)21(38-23)32-11-17(25)18(30)31-22(32)34/h3-11,19-21,33H,12H2,1-2H3,(H2,30,31,34). The molecule has 0 radical (unpaired) electrons. The van der Waals surface area contributed by atoms with Crippen molar-refractivity contribution < 1.29 is 54.8 Å². The molecule has 42 heavy (non-hydrogen) atoms. The molecule has 3 atom stereocenters. The number of alkyl halides is 4. The number of halogens is 5. The van der Waals surface area contributed by atoms with Crippen LogP contribution in [0.2, 0.25) is 0 Å². The fraction of sp³-hybridized carbons (Fsp3) is 0.333. The third kappa shape index (κ3) is 6.15. The molecule has 1 fully saturated rings. The first kappa shape index (κ1) is 31.4. The minimum absolute atomic E-state index is 0.0322. The average Bonchev–Trinajstić information content (AvgIpc) is 3.16. The Bertz CT molecular complexity index is 1460. The Hall–Kier alpha value is -3.50. The molecule has 1 aliphatic rings. The lowest BCUT2D eigenvalue weighted by atomic mass is 9.96. The van der Waals surface area contributed by atoms with E-state index >= 15 is 8.78 Å². The molecule has 0 saturated carbocycles. The van der Waals surface area contributed by atoms with Gasteiger partial charge < -0.3 is 34.1 Å². The number of hydrogen-bond donors (Lipinski definition) is 2. The van der Waals surface area contributed by atoms with Crippen molar-refractivity contribution in [2.75, 3.05) is 26.6 Å². The summed E-state index contributed by atoms with van der Waals surface area (Å²) in [4.78, 5) is 15.2. The predicted octanol–water partition coefficient (Wildman–Crippen LogP) is 3.91. The van der Waals surface area contributed by atoms with E-state index in [4.69, 9.17) is 45.3 Å². The average molecular weight is 639 g/mol. The second kappa shape index (κ2) is 12.0. The van der Waals surface area contributed by atoms with Gasteiger partial charge in [0.25, 0.3) is 6.43 Å². The molecule has 1 aliphatic heterocycles. The zero-order valence-electron chi connectivity index (χ0n) is 21.7. The number of nitrogens with zero attached hydrogens (tertiary/aromatic N) is 2. The van der Waals surface area contributed by atoms with Gasteiger partial charge in [-0.25, -0.2) is 18.0 Å². The second-order valence-corrected chi connectivity index (χ2v) is 11.6. The smallest absolute Gasteiger partial charge is 0.435 e. The fourth-order valence-electron chi connectivity index (χ4n) is 3.81. The van der Waals surface area contributed by atoms with Crippen LogP contribution in [0.4, 0.5) is 27.8 Å². The highest BCUT2D eigenvalue weighted by molar-refractivity contribution is 8.07. The first-order chi connectivity index (χ1) is 19.7. The summed E-state index contributed by atoms with van der Waals surface area (Å²) in [6.07, 6.45) is -9.87. The van der Waals surface area contributed by atoms with Crippen LogP contribution in [0.25, 0.3) is 0 Å². The van der Waals surface area contributed by atoms with Gasteiger partial charge in [0.1, 0.15) is 23.0 Å². The lowest BCUT2D eigenvalue weighted by Crippen LogP contribution is -2.54.